The van der Waals surface area contributed by atoms with E-state index in [2.05, 4.69) is 23.1 Å². The molecule has 0 unspecified atom stereocenters. The Hall–Kier alpha value is -0.570. The van der Waals surface area contributed by atoms with Crippen LogP contribution in [0, 0.1) is 6.20 Å². The van der Waals surface area contributed by atoms with Crippen LogP contribution in [0.2, 0.25) is 0 Å². The van der Waals surface area contributed by atoms with Crippen molar-refractivity contribution >= 4 is 11.8 Å². The molecule has 0 saturated heterocycles. The van der Waals surface area contributed by atoms with Gasteiger partial charge in [0.2, 0.25) is 0 Å². The van der Waals surface area contributed by atoms with Gasteiger partial charge in [0.1, 0.15) is 0 Å². The molecule has 1 radical (unpaired) electrons. The van der Waals surface area contributed by atoms with Gasteiger partial charge in [0.05, 0.1) is 6.20 Å². The third-order valence-electron chi connectivity index (χ3n) is 0.768. The minimum atomic E-state index is 0.806. The first-order valence-corrected chi connectivity index (χ1v) is 3.74. The molecule has 0 aliphatic carbocycles. The fraction of sp³-hybridized carbons (Fsp3) is 0.333. The van der Waals surface area contributed by atoms with Crippen LogP contribution in [-0.2, 0) is 0 Å². The van der Waals surface area contributed by atoms with Crippen molar-refractivity contribution in [1.29, 1.82) is 0 Å². The van der Waals surface area contributed by atoms with E-state index in [-0.39, 0.29) is 0 Å². The topological polar surface area (TPSA) is 25.8 Å². The molecule has 47 valence electrons. The van der Waals surface area contributed by atoms with Crippen LogP contribution in [0.15, 0.2) is 17.4 Å². The van der Waals surface area contributed by atoms with Crippen LogP contribution in [0.25, 0.3) is 0 Å². The zero-order chi connectivity index (χ0) is 6.53. The van der Waals surface area contributed by atoms with Gasteiger partial charge in [-0.1, -0.05) is 18.7 Å². The maximum absolute atomic E-state index is 3.99. The second-order valence-corrected chi connectivity index (χ2v) is 2.63. The molecule has 9 heavy (non-hydrogen) atoms. The largest absolute Gasteiger partial charge is 0.231 e. The van der Waals surface area contributed by atoms with Gasteiger partial charge < -0.3 is 0 Å². The van der Waals surface area contributed by atoms with Crippen molar-refractivity contribution in [2.24, 2.45) is 0 Å². The molecule has 0 atom stereocenters. The number of thioether (sulfide) groups is 1. The van der Waals surface area contributed by atoms with Crippen LogP contribution in [-0.4, -0.2) is 15.7 Å². The van der Waals surface area contributed by atoms with Crippen LogP contribution in [0.3, 0.4) is 0 Å². The van der Waals surface area contributed by atoms with Gasteiger partial charge >= 0.3 is 0 Å². The van der Waals surface area contributed by atoms with Gasteiger partial charge in [-0.25, -0.2) is 9.97 Å². The van der Waals surface area contributed by atoms with Crippen molar-refractivity contribution in [1.82, 2.24) is 9.97 Å². The Bertz CT molecular complexity index is 164. The van der Waals surface area contributed by atoms with Gasteiger partial charge in [0.15, 0.2) is 5.16 Å². The Balaban J connectivity index is 2.61. The molecule has 1 aromatic heterocycles. The summed E-state index contributed by atoms with van der Waals surface area (Å²) >= 11 is 1.62. The van der Waals surface area contributed by atoms with Crippen LogP contribution < -0.4 is 0 Å². The third kappa shape index (κ3) is 2.01. The normalized spacial score (nSPS) is 9.44. The van der Waals surface area contributed by atoms with Gasteiger partial charge in [-0.3, -0.25) is 0 Å². The van der Waals surface area contributed by atoms with E-state index in [1.165, 1.54) is 0 Å². The van der Waals surface area contributed by atoms with Crippen LogP contribution in [0.5, 0.6) is 0 Å². The smallest absolute Gasteiger partial charge is 0.188 e. The molecule has 0 aliphatic rings. The molecule has 0 N–H and O–H groups in total. The van der Waals surface area contributed by atoms with Crippen LogP contribution in [0.4, 0.5) is 0 Å². The van der Waals surface area contributed by atoms with E-state index in [1.807, 2.05) is 0 Å². The highest BCUT2D eigenvalue weighted by Gasteiger charge is 1.89. The Morgan fingerprint density at radius 3 is 3.22 bits per heavy atom. The Kier molecular flexibility index (Phi) is 2.51. The average molecular weight is 139 g/mol. The van der Waals surface area contributed by atoms with Crippen LogP contribution >= 0.6 is 11.8 Å². The third-order valence-corrected chi connectivity index (χ3v) is 1.51. The standard InChI is InChI=1S/C6H7N2S/c1-2-9-6-7-4-3-5-8-6/h3-4H,2H2,1H3. The predicted molar refractivity (Wildman–Crippen MR) is 37.3 cm³/mol. The molecule has 1 rings (SSSR count). The molecule has 0 saturated carbocycles. The summed E-state index contributed by atoms with van der Waals surface area (Å²) < 4.78 is 0. The van der Waals surface area contributed by atoms with Gasteiger partial charge in [0, 0.05) is 6.20 Å². The lowest BCUT2D eigenvalue weighted by molar-refractivity contribution is 0.961. The molecular formula is C6H7N2S. The second-order valence-electron chi connectivity index (χ2n) is 1.40. The van der Waals surface area contributed by atoms with Gasteiger partial charge in [-0.2, -0.15) is 0 Å². The minimum Gasteiger partial charge on any atom is -0.231 e. The molecule has 1 heterocycles. The Morgan fingerprint density at radius 1 is 1.78 bits per heavy atom. The summed E-state index contributed by atoms with van der Waals surface area (Å²) in [6.45, 7) is 2.07. The quantitative estimate of drug-likeness (QED) is 0.457. The second kappa shape index (κ2) is 3.45. The zero-order valence-corrected chi connectivity index (χ0v) is 5.98. The summed E-state index contributed by atoms with van der Waals surface area (Å²) in [6, 6.07) is 1.69. The van der Waals surface area contributed by atoms with Gasteiger partial charge in [-0.05, 0) is 11.8 Å². The molecular weight excluding hydrogens is 132 g/mol. The fourth-order valence-corrected chi connectivity index (χ4v) is 0.965. The highest BCUT2D eigenvalue weighted by molar-refractivity contribution is 7.99. The maximum Gasteiger partial charge on any atom is 0.188 e. The first-order valence-electron chi connectivity index (χ1n) is 2.75. The molecule has 0 aliphatic heterocycles. The number of nitrogens with zero attached hydrogens (tertiary/aromatic N) is 2. The Labute approximate surface area is 58.7 Å². The predicted octanol–water partition coefficient (Wildman–Crippen LogP) is 1.39. The molecule has 3 heteroatoms. The van der Waals surface area contributed by atoms with E-state index >= 15 is 0 Å². The number of hydrogen-bond acceptors (Lipinski definition) is 3. The van der Waals surface area contributed by atoms with Crippen molar-refractivity contribution in [3.05, 3.63) is 18.5 Å². The monoisotopic (exact) mass is 139 g/mol. The first-order chi connectivity index (χ1) is 4.43. The summed E-state index contributed by atoms with van der Waals surface area (Å²) in [5.74, 6) is 1.01. The summed E-state index contributed by atoms with van der Waals surface area (Å²) in [4.78, 5) is 7.88. The summed E-state index contributed by atoms with van der Waals surface area (Å²) in [5.41, 5.74) is 0. The molecule has 0 aromatic carbocycles. The highest BCUT2D eigenvalue weighted by Crippen LogP contribution is 2.08. The van der Waals surface area contributed by atoms with E-state index in [1.54, 1.807) is 24.0 Å². The SMILES string of the molecule is CCSc1n[c]ccn1. The van der Waals surface area contributed by atoms with Crippen molar-refractivity contribution in [2.75, 3.05) is 5.75 Å². The van der Waals surface area contributed by atoms with Gasteiger partial charge in [0.25, 0.3) is 0 Å². The lowest BCUT2D eigenvalue weighted by Crippen LogP contribution is -1.82. The molecule has 0 fully saturated rings. The lowest BCUT2D eigenvalue weighted by Gasteiger charge is -1.90. The number of hydrogen-bond donors (Lipinski definition) is 0. The van der Waals surface area contributed by atoms with Crippen molar-refractivity contribution in [2.45, 2.75) is 12.1 Å². The number of rotatable bonds is 2. The minimum absolute atomic E-state index is 0.806. The molecule has 0 spiro atoms. The van der Waals surface area contributed by atoms with Crippen molar-refractivity contribution < 1.29 is 0 Å². The van der Waals surface area contributed by atoms with Crippen molar-refractivity contribution in [3.63, 3.8) is 0 Å². The van der Waals surface area contributed by atoms with Crippen molar-refractivity contribution in [3.8, 4) is 0 Å². The van der Waals surface area contributed by atoms with Crippen LogP contribution in [0.1, 0.15) is 6.92 Å². The maximum atomic E-state index is 3.99. The van der Waals surface area contributed by atoms with E-state index in [0.29, 0.717) is 0 Å². The molecule has 0 bridgehead atoms. The zero-order valence-electron chi connectivity index (χ0n) is 5.16. The van der Waals surface area contributed by atoms with Gasteiger partial charge in [-0.15, -0.1) is 0 Å². The number of aromatic nitrogens is 2. The summed E-state index contributed by atoms with van der Waals surface area (Å²) in [5, 5.41) is 0.806. The molecule has 1 aromatic rings. The van der Waals surface area contributed by atoms with E-state index in [0.717, 1.165) is 10.9 Å². The summed E-state index contributed by atoms with van der Waals surface area (Å²) in [7, 11) is 0. The fourth-order valence-electron chi connectivity index (χ4n) is 0.454. The molecule has 0 amide bonds. The molecule has 2 nitrogen and oxygen atoms in total. The average Bonchev–Trinajstić information content (AvgIpc) is 1.91. The first kappa shape index (κ1) is 6.55. The lowest BCUT2D eigenvalue weighted by atomic mass is 10.7. The van der Waals surface area contributed by atoms with E-state index in [4.69, 9.17) is 0 Å². The Morgan fingerprint density at radius 2 is 2.67 bits per heavy atom. The highest BCUT2D eigenvalue weighted by atomic mass is 32.2. The van der Waals surface area contributed by atoms with E-state index in [9.17, 15) is 0 Å². The van der Waals surface area contributed by atoms with E-state index < -0.39 is 0 Å². The summed E-state index contributed by atoms with van der Waals surface area (Å²) in [6.07, 6.45) is 4.41.